The van der Waals surface area contributed by atoms with Crippen LogP contribution in [-0.2, 0) is 4.79 Å². The molecule has 140 valence electrons. The van der Waals surface area contributed by atoms with Crippen molar-refractivity contribution in [3.63, 3.8) is 0 Å². The second kappa shape index (κ2) is 8.58. The smallest absolute Gasteiger partial charge is 0.254 e. The van der Waals surface area contributed by atoms with Crippen molar-refractivity contribution < 1.29 is 9.59 Å². The fourth-order valence-corrected chi connectivity index (χ4v) is 3.08. The number of carbonyl (C=O) groups excluding carboxylic acids is 2. The molecule has 1 aliphatic rings. The molecule has 2 rings (SSSR count). The Labute approximate surface area is 164 Å². The Morgan fingerprint density at radius 1 is 1.00 bits per heavy atom. The summed E-state index contributed by atoms with van der Waals surface area (Å²) in [6.45, 7) is 7.71. The number of rotatable bonds is 2. The van der Waals surface area contributed by atoms with Gasteiger partial charge in [0.05, 0.1) is 6.04 Å². The predicted octanol–water partition coefficient (Wildman–Crippen LogP) is 3.07. The SMILES string of the molecule is CC(C)(C)[C@H](N)C(=O)N1CCN(C(=O)c2cc(Cl)cc(Cl)c2)CC1.Cl. The van der Waals surface area contributed by atoms with Crippen LogP contribution in [0.1, 0.15) is 31.1 Å². The molecule has 2 amide bonds. The molecular formula is C17H24Cl3N3O2. The molecular weight excluding hydrogens is 385 g/mol. The maximum absolute atomic E-state index is 12.6. The van der Waals surface area contributed by atoms with E-state index in [9.17, 15) is 9.59 Å². The molecule has 0 unspecified atom stereocenters. The minimum absolute atomic E-state index is 0. The molecule has 0 saturated carbocycles. The quantitative estimate of drug-likeness (QED) is 0.818. The monoisotopic (exact) mass is 407 g/mol. The number of piperazine rings is 1. The van der Waals surface area contributed by atoms with E-state index in [2.05, 4.69) is 0 Å². The van der Waals surface area contributed by atoms with Crippen molar-refractivity contribution in [1.82, 2.24) is 9.80 Å². The Balaban J connectivity index is 0.00000312. The molecule has 0 spiro atoms. The molecule has 1 fully saturated rings. The molecule has 0 radical (unpaired) electrons. The maximum atomic E-state index is 12.6. The van der Waals surface area contributed by atoms with Gasteiger partial charge in [-0.15, -0.1) is 12.4 Å². The highest BCUT2D eigenvalue weighted by Gasteiger charge is 2.33. The van der Waals surface area contributed by atoms with Crippen LogP contribution in [0.5, 0.6) is 0 Å². The van der Waals surface area contributed by atoms with Crippen LogP contribution in [0.2, 0.25) is 10.0 Å². The Morgan fingerprint density at radius 2 is 1.44 bits per heavy atom. The summed E-state index contributed by atoms with van der Waals surface area (Å²) in [5.41, 5.74) is 6.21. The van der Waals surface area contributed by atoms with Gasteiger partial charge in [-0.05, 0) is 23.6 Å². The van der Waals surface area contributed by atoms with Crippen LogP contribution in [0.15, 0.2) is 18.2 Å². The lowest BCUT2D eigenvalue weighted by Crippen LogP contribution is -2.56. The average Bonchev–Trinajstić information content (AvgIpc) is 2.51. The largest absolute Gasteiger partial charge is 0.338 e. The lowest BCUT2D eigenvalue weighted by Gasteiger charge is -2.38. The van der Waals surface area contributed by atoms with Crippen LogP contribution in [0.4, 0.5) is 0 Å². The summed E-state index contributed by atoms with van der Waals surface area (Å²) in [7, 11) is 0. The van der Waals surface area contributed by atoms with Crippen LogP contribution in [0.3, 0.4) is 0 Å². The highest BCUT2D eigenvalue weighted by atomic mass is 35.5. The zero-order valence-electron chi connectivity index (χ0n) is 14.6. The molecule has 2 N–H and O–H groups in total. The summed E-state index contributed by atoms with van der Waals surface area (Å²) >= 11 is 11.9. The average molecular weight is 409 g/mol. The molecule has 1 heterocycles. The van der Waals surface area contributed by atoms with Crippen molar-refractivity contribution in [2.24, 2.45) is 11.1 Å². The summed E-state index contributed by atoms with van der Waals surface area (Å²) in [6, 6.07) is 4.24. The molecule has 25 heavy (non-hydrogen) atoms. The van der Waals surface area contributed by atoms with Crippen LogP contribution < -0.4 is 5.73 Å². The number of hydrogen-bond donors (Lipinski definition) is 1. The van der Waals surface area contributed by atoms with Crippen molar-refractivity contribution >= 4 is 47.4 Å². The fraction of sp³-hybridized carbons (Fsp3) is 0.529. The highest BCUT2D eigenvalue weighted by Crippen LogP contribution is 2.22. The first-order chi connectivity index (χ1) is 11.1. The number of carbonyl (C=O) groups is 2. The normalized spacial score (nSPS) is 16.2. The fourth-order valence-electron chi connectivity index (χ4n) is 2.56. The van der Waals surface area contributed by atoms with E-state index < -0.39 is 6.04 Å². The molecule has 0 bridgehead atoms. The highest BCUT2D eigenvalue weighted by molar-refractivity contribution is 6.35. The van der Waals surface area contributed by atoms with Crippen molar-refractivity contribution in [3.05, 3.63) is 33.8 Å². The number of hydrogen-bond acceptors (Lipinski definition) is 3. The third-order valence-electron chi connectivity index (χ3n) is 4.19. The van der Waals surface area contributed by atoms with Crippen LogP contribution in [0, 0.1) is 5.41 Å². The zero-order chi connectivity index (χ0) is 18.1. The van der Waals surface area contributed by atoms with Crippen molar-refractivity contribution in [2.45, 2.75) is 26.8 Å². The van der Waals surface area contributed by atoms with Crippen molar-refractivity contribution in [1.29, 1.82) is 0 Å². The Bertz CT molecular complexity index is 618. The lowest BCUT2D eigenvalue weighted by atomic mass is 9.86. The number of nitrogens with zero attached hydrogens (tertiary/aromatic N) is 2. The van der Waals surface area contributed by atoms with Gasteiger partial charge < -0.3 is 15.5 Å². The molecule has 0 aromatic heterocycles. The van der Waals surface area contributed by atoms with Gasteiger partial charge in [-0.2, -0.15) is 0 Å². The summed E-state index contributed by atoms with van der Waals surface area (Å²) in [5, 5.41) is 0.853. The van der Waals surface area contributed by atoms with Gasteiger partial charge in [0.25, 0.3) is 5.91 Å². The van der Waals surface area contributed by atoms with E-state index in [1.165, 1.54) is 0 Å². The summed E-state index contributed by atoms with van der Waals surface area (Å²) in [4.78, 5) is 28.4. The molecule has 1 aromatic carbocycles. The number of halogens is 3. The van der Waals surface area contributed by atoms with Gasteiger partial charge in [-0.25, -0.2) is 0 Å². The first kappa shape index (κ1) is 22.0. The number of benzene rings is 1. The standard InChI is InChI=1S/C17H23Cl2N3O2.ClH/c1-17(2,3)14(20)16(24)22-6-4-21(5-7-22)15(23)11-8-12(18)10-13(19)9-11;/h8-10,14H,4-7,20H2,1-3H3;1H/t14-;/m1./s1. The number of amides is 2. The minimum atomic E-state index is -0.550. The van der Waals surface area contributed by atoms with E-state index in [1.807, 2.05) is 20.8 Å². The number of nitrogens with two attached hydrogens (primary N) is 1. The topological polar surface area (TPSA) is 66.6 Å². The molecule has 5 nitrogen and oxygen atoms in total. The Hall–Kier alpha value is -1.01. The molecule has 1 atom stereocenters. The van der Waals surface area contributed by atoms with Crippen LogP contribution in [0.25, 0.3) is 0 Å². The molecule has 1 aliphatic heterocycles. The molecule has 1 saturated heterocycles. The van der Waals surface area contributed by atoms with Gasteiger partial charge in [-0.3, -0.25) is 9.59 Å². The molecule has 0 aliphatic carbocycles. The van der Waals surface area contributed by atoms with Crippen molar-refractivity contribution in [3.8, 4) is 0 Å². The van der Waals surface area contributed by atoms with Gasteiger partial charge in [0.2, 0.25) is 5.91 Å². The second-order valence-electron chi connectivity index (χ2n) is 7.12. The third-order valence-corrected chi connectivity index (χ3v) is 4.62. The van der Waals surface area contributed by atoms with Gasteiger partial charge in [0.15, 0.2) is 0 Å². The molecule has 8 heteroatoms. The van der Waals surface area contributed by atoms with Gasteiger partial charge >= 0.3 is 0 Å². The Morgan fingerprint density at radius 3 is 1.88 bits per heavy atom. The molecule has 1 aromatic rings. The van der Waals surface area contributed by atoms with E-state index in [-0.39, 0.29) is 29.6 Å². The zero-order valence-corrected chi connectivity index (χ0v) is 16.9. The summed E-state index contributed by atoms with van der Waals surface area (Å²) < 4.78 is 0. The van der Waals surface area contributed by atoms with Crippen LogP contribution >= 0.6 is 35.6 Å². The van der Waals surface area contributed by atoms with E-state index in [0.717, 1.165) is 0 Å². The second-order valence-corrected chi connectivity index (χ2v) is 7.99. The van der Waals surface area contributed by atoms with E-state index in [4.69, 9.17) is 28.9 Å². The van der Waals surface area contributed by atoms with Gasteiger partial charge in [0, 0.05) is 41.8 Å². The van der Waals surface area contributed by atoms with Crippen molar-refractivity contribution in [2.75, 3.05) is 26.2 Å². The van der Waals surface area contributed by atoms with Gasteiger partial charge in [0.1, 0.15) is 0 Å². The third kappa shape index (κ3) is 5.48. The first-order valence-electron chi connectivity index (χ1n) is 7.89. The van der Waals surface area contributed by atoms with E-state index >= 15 is 0 Å². The summed E-state index contributed by atoms with van der Waals surface area (Å²) in [6.07, 6.45) is 0. The van der Waals surface area contributed by atoms with Crippen LogP contribution in [-0.4, -0.2) is 53.8 Å². The van der Waals surface area contributed by atoms with E-state index in [1.54, 1.807) is 28.0 Å². The Kier molecular flexibility index (Phi) is 7.56. The van der Waals surface area contributed by atoms with E-state index in [0.29, 0.717) is 41.8 Å². The lowest BCUT2D eigenvalue weighted by molar-refractivity contribution is -0.136. The first-order valence-corrected chi connectivity index (χ1v) is 8.65. The van der Waals surface area contributed by atoms with Gasteiger partial charge in [-0.1, -0.05) is 44.0 Å². The minimum Gasteiger partial charge on any atom is -0.338 e. The predicted molar refractivity (Wildman–Crippen MR) is 104 cm³/mol. The summed E-state index contributed by atoms with van der Waals surface area (Å²) in [5.74, 6) is -0.202. The maximum Gasteiger partial charge on any atom is 0.254 e.